The molecule has 0 atom stereocenters. The maximum Gasteiger partial charge on any atom is 0.438 e. The van der Waals surface area contributed by atoms with Crippen molar-refractivity contribution in [3.8, 4) is 0 Å². The summed E-state index contributed by atoms with van der Waals surface area (Å²) in [5, 5.41) is 1.31. The van der Waals surface area contributed by atoms with Crippen molar-refractivity contribution in [2.75, 3.05) is 0 Å². The smallest absolute Gasteiger partial charge is 0.438 e. The molecule has 0 aromatic rings. The van der Waals surface area contributed by atoms with E-state index in [1.165, 1.54) is 5.32 Å². The standard InChI is InChI=1S/C5H7ClN2O2.2ClH/c1-5(2)3(9)8(6)4(10)7-5;;/h1-2H3,(H,7,10);2*1H/p-1. The van der Waals surface area contributed by atoms with E-state index in [9.17, 15) is 9.59 Å². The van der Waals surface area contributed by atoms with Gasteiger partial charge in [0.25, 0.3) is 0 Å². The van der Waals surface area contributed by atoms with E-state index in [0.29, 0.717) is 4.42 Å². The number of urea groups is 1. The summed E-state index contributed by atoms with van der Waals surface area (Å²) in [6.45, 7) is 3.30. The van der Waals surface area contributed by atoms with Crippen molar-refractivity contribution in [3.05, 3.63) is 0 Å². The van der Waals surface area contributed by atoms with Gasteiger partial charge in [-0.2, -0.15) is 0 Å². The molecule has 1 rings (SSSR count). The Balaban J connectivity index is 0. The Labute approximate surface area is 87.5 Å². The summed E-state index contributed by atoms with van der Waals surface area (Å²) >= 11 is 5.30. The first-order valence-electron chi connectivity index (χ1n) is 2.85. The molecule has 1 heterocycles. The largest absolute Gasteiger partial charge is 1.00 e. The summed E-state index contributed by atoms with van der Waals surface area (Å²) in [6, 6.07) is -0.434. The fourth-order valence-electron chi connectivity index (χ4n) is 0.780. The van der Waals surface area contributed by atoms with Crippen LogP contribution in [0.3, 0.4) is 0 Å². The first kappa shape index (κ1) is 14.5. The minimum atomic E-state index is -0.723. The average Bonchev–Trinajstić information content (AvgIpc) is 1.95. The Hall–Kier alpha value is -0.0300. The van der Waals surface area contributed by atoms with E-state index in [1.54, 1.807) is 13.8 Å². The number of carbonyl (C=O) groups is 2. The van der Waals surface area contributed by atoms with E-state index < -0.39 is 11.6 Å². The highest BCUT2D eigenvalue weighted by atomic mass is 35.5. The van der Waals surface area contributed by atoms with Crippen LogP contribution in [0.1, 0.15) is 13.8 Å². The average molecular weight is 234 g/mol. The number of primary amides is 1. The maximum atomic E-state index is 11.0. The molecule has 0 spiro atoms. The zero-order valence-electron chi connectivity index (χ0n) is 6.47. The lowest BCUT2D eigenvalue weighted by atomic mass is 10.1. The van der Waals surface area contributed by atoms with Crippen LogP contribution in [0.5, 0.6) is 0 Å². The van der Waals surface area contributed by atoms with E-state index in [0.717, 1.165) is 0 Å². The number of amides is 3. The molecular weight excluding hydrogens is 226 g/mol. The van der Waals surface area contributed by atoms with Gasteiger partial charge in [-0.3, -0.25) is 4.79 Å². The van der Waals surface area contributed by atoms with Crippen molar-refractivity contribution in [3.63, 3.8) is 0 Å². The quantitative estimate of drug-likeness (QED) is 0.335. The van der Waals surface area contributed by atoms with Crippen LogP contribution in [0.4, 0.5) is 4.79 Å². The van der Waals surface area contributed by atoms with Crippen molar-refractivity contribution in [1.82, 2.24) is 4.42 Å². The molecule has 0 aliphatic carbocycles. The van der Waals surface area contributed by atoms with E-state index in [4.69, 9.17) is 11.8 Å². The van der Waals surface area contributed by atoms with Gasteiger partial charge < -0.3 is 24.8 Å². The van der Waals surface area contributed by atoms with Crippen LogP contribution in [0.2, 0.25) is 0 Å². The molecule has 12 heavy (non-hydrogen) atoms. The molecule has 4 nitrogen and oxygen atoms in total. The number of nitrogens with zero attached hydrogens (tertiary/aromatic N) is 1. The first-order chi connectivity index (χ1) is 4.45. The van der Waals surface area contributed by atoms with Crippen LogP contribution in [0.15, 0.2) is 0 Å². The maximum absolute atomic E-state index is 11.0. The number of hydrogen-bond donors (Lipinski definition) is 1. The lowest BCUT2D eigenvalue weighted by Gasteiger charge is -2.06. The number of carbonyl (C=O) groups excluding carboxylic acids is 2. The Morgan fingerprint density at radius 2 is 1.75 bits per heavy atom. The highest BCUT2D eigenvalue weighted by molar-refractivity contribution is 6.31. The number of halogens is 3. The Bertz CT molecular complexity index is 207. The number of imide groups is 1. The second kappa shape index (κ2) is 4.28. The molecule has 0 bridgehead atoms. The van der Waals surface area contributed by atoms with Crippen molar-refractivity contribution < 1.29 is 39.7 Å². The summed E-state index contributed by atoms with van der Waals surface area (Å²) in [7, 11) is 0. The summed E-state index contributed by atoms with van der Waals surface area (Å²) in [6.07, 6.45) is 0. The van der Waals surface area contributed by atoms with Crippen LogP contribution in [0.25, 0.3) is 0 Å². The summed E-state index contributed by atoms with van der Waals surface area (Å²) < 4.78 is 0.611. The van der Waals surface area contributed by atoms with Gasteiger partial charge in [0, 0.05) is 25.6 Å². The van der Waals surface area contributed by atoms with Crippen LogP contribution >= 0.6 is 11.8 Å². The Kier molecular flexibility index (Phi) is 5.16. The third kappa shape index (κ3) is 2.23. The molecule has 0 aromatic carbocycles. The molecule has 7 heteroatoms. The molecule has 2 N–H and O–H groups in total. The topological polar surface area (TPSA) is 54.0 Å². The van der Waals surface area contributed by atoms with Crippen LogP contribution in [0, 0.1) is 0 Å². The second-order valence-corrected chi connectivity index (χ2v) is 3.13. The molecule has 0 aromatic heterocycles. The van der Waals surface area contributed by atoms with E-state index in [1.807, 2.05) is 0 Å². The minimum absolute atomic E-state index is 0. The van der Waals surface area contributed by atoms with Gasteiger partial charge in [0.15, 0.2) is 5.54 Å². The Morgan fingerprint density at radius 1 is 1.33 bits per heavy atom. The number of nitrogens with two attached hydrogens (primary N) is 1. The SMILES string of the molecule is CC1(C)[NH2+]C(=O)N(Cl)C1=O.[Cl-].[Cl-]. The molecule has 1 saturated heterocycles. The molecule has 72 valence electrons. The van der Waals surface area contributed by atoms with Crippen LogP contribution < -0.4 is 30.1 Å². The molecule has 3 amide bonds. The van der Waals surface area contributed by atoms with Crippen molar-refractivity contribution in [2.24, 2.45) is 0 Å². The van der Waals surface area contributed by atoms with E-state index in [-0.39, 0.29) is 30.7 Å². The zero-order chi connectivity index (χ0) is 7.94. The molecule has 0 unspecified atom stereocenters. The summed E-state index contributed by atoms with van der Waals surface area (Å²) in [5.41, 5.74) is -0.723. The van der Waals surface area contributed by atoms with Gasteiger partial charge in [-0.15, -0.1) is 4.42 Å². The normalized spacial score (nSPS) is 20.1. The van der Waals surface area contributed by atoms with Gasteiger partial charge in [0.05, 0.1) is 0 Å². The van der Waals surface area contributed by atoms with Crippen LogP contribution in [-0.4, -0.2) is 21.9 Å². The Morgan fingerprint density at radius 3 is 1.83 bits per heavy atom. The van der Waals surface area contributed by atoms with Crippen LogP contribution in [-0.2, 0) is 4.79 Å². The van der Waals surface area contributed by atoms with Gasteiger partial charge in [-0.1, -0.05) is 0 Å². The van der Waals surface area contributed by atoms with Crippen molar-refractivity contribution in [1.29, 1.82) is 0 Å². The van der Waals surface area contributed by atoms with Gasteiger partial charge in [0.2, 0.25) is 0 Å². The second-order valence-electron chi connectivity index (χ2n) is 2.79. The van der Waals surface area contributed by atoms with Gasteiger partial charge in [-0.05, 0) is 0 Å². The van der Waals surface area contributed by atoms with Gasteiger partial charge >= 0.3 is 11.9 Å². The summed E-state index contributed by atoms with van der Waals surface area (Å²) in [4.78, 5) is 21.7. The minimum Gasteiger partial charge on any atom is -1.00 e. The fourth-order valence-corrected chi connectivity index (χ4v) is 1.05. The number of quaternary nitrogens is 1. The predicted octanol–water partition coefficient (Wildman–Crippen LogP) is -6.55. The third-order valence-corrected chi connectivity index (χ3v) is 1.73. The highest BCUT2D eigenvalue weighted by Gasteiger charge is 2.49. The molecule has 0 radical (unpaired) electrons. The van der Waals surface area contributed by atoms with Crippen molar-refractivity contribution in [2.45, 2.75) is 19.4 Å². The van der Waals surface area contributed by atoms with Crippen molar-refractivity contribution >= 4 is 23.7 Å². The summed E-state index contributed by atoms with van der Waals surface area (Å²) in [5.74, 6) is -0.362. The highest BCUT2D eigenvalue weighted by Crippen LogP contribution is 2.10. The van der Waals surface area contributed by atoms with Gasteiger partial charge in [-0.25, -0.2) is 10.1 Å². The lowest BCUT2D eigenvalue weighted by Crippen LogP contribution is -3.00. The van der Waals surface area contributed by atoms with Gasteiger partial charge in [0.1, 0.15) is 0 Å². The zero-order valence-corrected chi connectivity index (χ0v) is 8.74. The molecule has 1 aliphatic heterocycles. The first-order valence-corrected chi connectivity index (χ1v) is 3.19. The predicted molar refractivity (Wildman–Crippen MR) is 34.1 cm³/mol. The monoisotopic (exact) mass is 233 g/mol. The van der Waals surface area contributed by atoms with E-state index >= 15 is 0 Å². The molecule has 1 fully saturated rings. The third-order valence-electron chi connectivity index (χ3n) is 1.41. The molecule has 0 saturated carbocycles. The fraction of sp³-hybridized carbons (Fsp3) is 0.600. The number of hydrogen-bond acceptors (Lipinski definition) is 2. The molecule has 1 aliphatic rings. The van der Waals surface area contributed by atoms with E-state index in [2.05, 4.69) is 0 Å². The lowest BCUT2D eigenvalue weighted by molar-refractivity contribution is -0.604. The molecular formula is C5H8Cl3N2O2-. The number of rotatable bonds is 0.